The number of benzene rings is 2. The number of aliphatic hydroxyl groups is 1. The van der Waals surface area contributed by atoms with Gasteiger partial charge in [-0.25, -0.2) is 13.2 Å². The largest absolute Gasteiger partial charge is 0.493 e. The Bertz CT molecular complexity index is 659. The molecular formula is C15H13F3O3. The second-order valence-electron chi connectivity index (χ2n) is 4.30. The number of aliphatic hydroxyl groups excluding tert-OH is 1. The third kappa shape index (κ3) is 2.95. The predicted molar refractivity (Wildman–Crippen MR) is 69.9 cm³/mol. The number of rotatable bonds is 4. The predicted octanol–water partition coefficient (Wildman–Crippen LogP) is 3.20. The Kier molecular flexibility index (Phi) is 4.37. The molecule has 2 rings (SSSR count). The molecule has 2 aromatic rings. The quantitative estimate of drug-likeness (QED) is 0.942. The molecule has 1 atom stereocenters. The molecule has 6 heteroatoms. The maximum absolute atomic E-state index is 14.0. The van der Waals surface area contributed by atoms with Crippen molar-refractivity contribution in [3.05, 3.63) is 58.9 Å². The fourth-order valence-corrected chi connectivity index (χ4v) is 1.94. The van der Waals surface area contributed by atoms with Crippen LogP contribution in [0.2, 0.25) is 0 Å². The minimum atomic E-state index is -1.46. The van der Waals surface area contributed by atoms with Crippen molar-refractivity contribution in [2.45, 2.75) is 6.10 Å². The Morgan fingerprint density at radius 3 is 2.05 bits per heavy atom. The van der Waals surface area contributed by atoms with E-state index in [-0.39, 0.29) is 22.6 Å². The van der Waals surface area contributed by atoms with Gasteiger partial charge in [-0.05, 0) is 23.8 Å². The van der Waals surface area contributed by atoms with Gasteiger partial charge in [0.25, 0.3) is 0 Å². The first-order valence-corrected chi connectivity index (χ1v) is 6.02. The monoisotopic (exact) mass is 298 g/mol. The van der Waals surface area contributed by atoms with E-state index in [0.717, 1.165) is 18.2 Å². The van der Waals surface area contributed by atoms with E-state index in [2.05, 4.69) is 0 Å². The summed E-state index contributed by atoms with van der Waals surface area (Å²) in [6, 6.07) is 5.17. The topological polar surface area (TPSA) is 38.7 Å². The van der Waals surface area contributed by atoms with E-state index in [0.29, 0.717) is 0 Å². The Morgan fingerprint density at radius 1 is 0.857 bits per heavy atom. The van der Waals surface area contributed by atoms with Gasteiger partial charge < -0.3 is 14.6 Å². The van der Waals surface area contributed by atoms with Gasteiger partial charge in [-0.3, -0.25) is 0 Å². The molecule has 3 nitrogen and oxygen atoms in total. The highest BCUT2D eigenvalue weighted by molar-refractivity contribution is 5.46. The molecule has 0 aliphatic heterocycles. The van der Waals surface area contributed by atoms with Crippen LogP contribution < -0.4 is 9.47 Å². The number of methoxy groups -OCH3 is 2. The molecule has 0 spiro atoms. The Labute approximate surface area is 119 Å². The van der Waals surface area contributed by atoms with Crippen LogP contribution in [0.4, 0.5) is 13.2 Å². The minimum absolute atomic E-state index is 0.0278. The maximum atomic E-state index is 14.0. The zero-order valence-electron chi connectivity index (χ0n) is 11.4. The summed E-state index contributed by atoms with van der Waals surface area (Å²) in [5.74, 6) is -2.53. The number of halogens is 3. The second kappa shape index (κ2) is 6.05. The molecule has 21 heavy (non-hydrogen) atoms. The average molecular weight is 298 g/mol. The molecule has 0 aromatic heterocycles. The molecule has 112 valence electrons. The van der Waals surface area contributed by atoms with E-state index in [1.807, 2.05) is 0 Å². The summed E-state index contributed by atoms with van der Waals surface area (Å²) in [7, 11) is 2.71. The Balaban J connectivity index is 2.47. The van der Waals surface area contributed by atoms with Crippen molar-refractivity contribution in [3.63, 3.8) is 0 Å². The lowest BCUT2D eigenvalue weighted by atomic mass is 10.00. The highest BCUT2D eigenvalue weighted by atomic mass is 19.2. The minimum Gasteiger partial charge on any atom is -0.493 e. The first-order chi connectivity index (χ1) is 9.97. The molecule has 0 bridgehead atoms. The average Bonchev–Trinajstić information content (AvgIpc) is 2.49. The highest BCUT2D eigenvalue weighted by Gasteiger charge is 2.20. The lowest BCUT2D eigenvalue weighted by molar-refractivity contribution is 0.213. The third-order valence-corrected chi connectivity index (χ3v) is 3.06. The highest BCUT2D eigenvalue weighted by Crippen LogP contribution is 2.34. The van der Waals surface area contributed by atoms with E-state index in [1.165, 1.54) is 26.4 Å². The molecular weight excluding hydrogens is 285 g/mol. The van der Waals surface area contributed by atoms with Crippen LogP contribution in [0.15, 0.2) is 30.3 Å². The summed E-state index contributed by atoms with van der Waals surface area (Å²) in [6.45, 7) is 0. The fourth-order valence-electron chi connectivity index (χ4n) is 1.94. The lowest BCUT2D eigenvalue weighted by Crippen LogP contribution is -2.05. The zero-order valence-corrected chi connectivity index (χ0v) is 11.4. The van der Waals surface area contributed by atoms with E-state index in [9.17, 15) is 18.3 Å². The molecule has 0 radical (unpaired) electrons. The van der Waals surface area contributed by atoms with Gasteiger partial charge in [0.1, 0.15) is 11.9 Å². The van der Waals surface area contributed by atoms with E-state index in [1.54, 1.807) is 0 Å². The molecule has 0 aliphatic rings. The van der Waals surface area contributed by atoms with Crippen molar-refractivity contribution < 1.29 is 27.8 Å². The van der Waals surface area contributed by atoms with Crippen LogP contribution in [-0.4, -0.2) is 19.3 Å². The fraction of sp³-hybridized carbons (Fsp3) is 0.200. The summed E-state index contributed by atoms with van der Waals surface area (Å²) < 4.78 is 50.1. The molecule has 0 saturated heterocycles. The van der Waals surface area contributed by atoms with Crippen LogP contribution in [-0.2, 0) is 0 Å². The molecule has 0 heterocycles. The van der Waals surface area contributed by atoms with Crippen LogP contribution in [0.1, 0.15) is 17.2 Å². The van der Waals surface area contributed by atoms with Crippen LogP contribution in [0.3, 0.4) is 0 Å². The van der Waals surface area contributed by atoms with Gasteiger partial charge in [0.15, 0.2) is 23.1 Å². The number of hydrogen-bond donors (Lipinski definition) is 1. The van der Waals surface area contributed by atoms with Gasteiger partial charge in [-0.2, -0.15) is 0 Å². The zero-order chi connectivity index (χ0) is 15.6. The summed E-state index contributed by atoms with van der Waals surface area (Å²) in [4.78, 5) is 0. The molecule has 0 amide bonds. The van der Waals surface area contributed by atoms with E-state index >= 15 is 0 Å². The van der Waals surface area contributed by atoms with E-state index < -0.39 is 23.6 Å². The van der Waals surface area contributed by atoms with Crippen molar-refractivity contribution in [2.24, 2.45) is 0 Å². The molecule has 0 fully saturated rings. The second-order valence-corrected chi connectivity index (χ2v) is 4.30. The summed E-state index contributed by atoms with van der Waals surface area (Å²) in [5.41, 5.74) is -0.0984. The van der Waals surface area contributed by atoms with E-state index in [4.69, 9.17) is 9.47 Å². The van der Waals surface area contributed by atoms with Crippen LogP contribution in [0.25, 0.3) is 0 Å². The van der Waals surface area contributed by atoms with Gasteiger partial charge in [0.2, 0.25) is 0 Å². The maximum Gasteiger partial charge on any atom is 0.163 e. The summed E-state index contributed by atoms with van der Waals surface area (Å²) >= 11 is 0. The summed E-state index contributed by atoms with van der Waals surface area (Å²) in [5, 5.41) is 10.1. The standard InChI is InChI=1S/C15H13F3O3/c1-20-13-6-9(11(17)7-14(13)21-2)15(19)8-3-4-10(16)12(18)5-8/h3-7,15,19H,1-2H3. The molecule has 0 saturated carbocycles. The van der Waals surface area contributed by atoms with Gasteiger partial charge in [-0.15, -0.1) is 0 Å². The van der Waals surface area contributed by atoms with Crippen LogP contribution in [0, 0.1) is 17.5 Å². The van der Waals surface area contributed by atoms with Crippen molar-refractivity contribution in [3.8, 4) is 11.5 Å². The first-order valence-electron chi connectivity index (χ1n) is 6.02. The van der Waals surface area contributed by atoms with Gasteiger partial charge in [0.05, 0.1) is 14.2 Å². The number of ether oxygens (including phenoxy) is 2. The smallest absolute Gasteiger partial charge is 0.163 e. The molecule has 2 aromatic carbocycles. The van der Waals surface area contributed by atoms with Crippen LogP contribution in [0.5, 0.6) is 11.5 Å². The van der Waals surface area contributed by atoms with Gasteiger partial charge in [0, 0.05) is 11.6 Å². The SMILES string of the molecule is COc1cc(F)c(C(O)c2ccc(F)c(F)c2)cc1OC. The normalized spacial score (nSPS) is 12.1. The molecule has 1 N–H and O–H groups in total. The first kappa shape index (κ1) is 15.2. The molecule has 0 aliphatic carbocycles. The van der Waals surface area contributed by atoms with Crippen molar-refractivity contribution >= 4 is 0 Å². The van der Waals surface area contributed by atoms with Gasteiger partial charge >= 0.3 is 0 Å². The third-order valence-electron chi connectivity index (χ3n) is 3.06. The van der Waals surface area contributed by atoms with Gasteiger partial charge in [-0.1, -0.05) is 6.07 Å². The molecule has 1 unspecified atom stereocenters. The van der Waals surface area contributed by atoms with Crippen molar-refractivity contribution in [1.82, 2.24) is 0 Å². The van der Waals surface area contributed by atoms with Crippen LogP contribution >= 0.6 is 0 Å². The Hall–Kier alpha value is -2.21. The lowest BCUT2D eigenvalue weighted by Gasteiger charge is -2.16. The Morgan fingerprint density at radius 2 is 1.48 bits per heavy atom. The van der Waals surface area contributed by atoms with Crippen molar-refractivity contribution in [1.29, 1.82) is 0 Å². The number of hydrogen-bond acceptors (Lipinski definition) is 3. The summed E-state index contributed by atoms with van der Waals surface area (Å²) in [6.07, 6.45) is -1.46. The van der Waals surface area contributed by atoms with Crippen molar-refractivity contribution in [2.75, 3.05) is 14.2 Å².